The number of benzene rings is 2. The molecule has 0 aliphatic carbocycles. The van der Waals surface area contributed by atoms with Gasteiger partial charge in [-0.3, -0.25) is 9.59 Å². The normalized spacial score (nSPS) is 15.1. The van der Waals surface area contributed by atoms with E-state index in [1.165, 1.54) is 0 Å². The number of amides is 2. The molecule has 0 radical (unpaired) electrons. The zero-order valence-corrected chi connectivity index (χ0v) is 16.8. The standard InChI is InChI=1S/C21H24ClN3O3/c1-15(23-20(26)18-5-3-4-6-19(18)22)21(27)25-13-11-24(12-14-25)16-7-9-17(28-2)10-8-16/h3-10,15H,11-14H2,1-2H3,(H,23,26)/t15-/m0/s1. The maximum absolute atomic E-state index is 12.7. The number of piperazine rings is 1. The lowest BCUT2D eigenvalue weighted by atomic mass is 10.1. The zero-order chi connectivity index (χ0) is 20.1. The van der Waals surface area contributed by atoms with Gasteiger partial charge in [0.25, 0.3) is 5.91 Å². The van der Waals surface area contributed by atoms with Crippen LogP contribution in [-0.4, -0.2) is 56.0 Å². The molecule has 0 saturated carbocycles. The summed E-state index contributed by atoms with van der Waals surface area (Å²) < 4.78 is 5.19. The molecule has 6 nitrogen and oxygen atoms in total. The third kappa shape index (κ3) is 4.57. The number of methoxy groups -OCH3 is 1. The molecule has 2 amide bonds. The van der Waals surface area contributed by atoms with Gasteiger partial charge in [0.1, 0.15) is 11.8 Å². The topological polar surface area (TPSA) is 61.9 Å². The van der Waals surface area contributed by atoms with E-state index in [-0.39, 0.29) is 11.8 Å². The number of nitrogens with zero attached hydrogens (tertiary/aromatic N) is 2. The number of hydrogen-bond acceptors (Lipinski definition) is 4. The SMILES string of the molecule is COc1ccc(N2CCN(C(=O)[C@H](C)NC(=O)c3ccccc3Cl)CC2)cc1. The molecule has 3 rings (SSSR count). The van der Waals surface area contributed by atoms with Crippen LogP contribution in [0, 0.1) is 0 Å². The maximum atomic E-state index is 12.7. The fourth-order valence-corrected chi connectivity index (χ4v) is 3.45. The van der Waals surface area contributed by atoms with Crippen LogP contribution in [0.3, 0.4) is 0 Å². The van der Waals surface area contributed by atoms with Crippen LogP contribution < -0.4 is 15.0 Å². The quantitative estimate of drug-likeness (QED) is 0.836. The van der Waals surface area contributed by atoms with Gasteiger partial charge in [-0.25, -0.2) is 0 Å². The van der Waals surface area contributed by atoms with Crippen LogP contribution in [0.5, 0.6) is 5.75 Å². The summed E-state index contributed by atoms with van der Waals surface area (Å²) in [6.45, 7) is 4.40. The summed E-state index contributed by atoms with van der Waals surface area (Å²) in [7, 11) is 1.64. The predicted octanol–water partition coefficient (Wildman–Crippen LogP) is 2.82. The molecule has 148 valence electrons. The first-order valence-corrected chi connectivity index (χ1v) is 9.60. The highest BCUT2D eigenvalue weighted by atomic mass is 35.5. The Morgan fingerprint density at radius 3 is 2.29 bits per heavy atom. The van der Waals surface area contributed by atoms with Crippen molar-refractivity contribution < 1.29 is 14.3 Å². The van der Waals surface area contributed by atoms with Crippen molar-refractivity contribution in [2.45, 2.75) is 13.0 Å². The average molecular weight is 402 g/mol. The van der Waals surface area contributed by atoms with E-state index in [1.807, 2.05) is 24.3 Å². The van der Waals surface area contributed by atoms with Crippen molar-refractivity contribution in [2.24, 2.45) is 0 Å². The second kappa shape index (κ2) is 8.97. The van der Waals surface area contributed by atoms with Gasteiger partial charge >= 0.3 is 0 Å². The van der Waals surface area contributed by atoms with E-state index in [2.05, 4.69) is 10.2 Å². The molecular formula is C21H24ClN3O3. The number of carbonyl (C=O) groups is 2. The fraction of sp³-hybridized carbons (Fsp3) is 0.333. The Morgan fingerprint density at radius 1 is 1.04 bits per heavy atom. The Bertz CT molecular complexity index is 833. The van der Waals surface area contributed by atoms with Gasteiger partial charge in [0, 0.05) is 31.9 Å². The summed E-state index contributed by atoms with van der Waals surface area (Å²) in [6.07, 6.45) is 0. The van der Waals surface area contributed by atoms with Crippen molar-refractivity contribution in [1.82, 2.24) is 10.2 Å². The second-order valence-electron chi connectivity index (χ2n) is 6.69. The molecule has 1 heterocycles. The summed E-state index contributed by atoms with van der Waals surface area (Å²) in [6, 6.07) is 14.1. The van der Waals surface area contributed by atoms with Gasteiger partial charge in [-0.05, 0) is 43.3 Å². The van der Waals surface area contributed by atoms with E-state index in [4.69, 9.17) is 16.3 Å². The van der Waals surface area contributed by atoms with Crippen molar-refractivity contribution in [1.29, 1.82) is 0 Å². The van der Waals surface area contributed by atoms with Gasteiger partial charge in [-0.2, -0.15) is 0 Å². The summed E-state index contributed by atoms with van der Waals surface area (Å²) in [5, 5.41) is 3.12. The lowest BCUT2D eigenvalue weighted by Crippen LogP contribution is -2.54. The minimum Gasteiger partial charge on any atom is -0.497 e. The van der Waals surface area contributed by atoms with Crippen LogP contribution in [0.4, 0.5) is 5.69 Å². The van der Waals surface area contributed by atoms with E-state index in [0.29, 0.717) is 23.7 Å². The predicted molar refractivity (Wildman–Crippen MR) is 110 cm³/mol. The molecule has 2 aromatic rings. The summed E-state index contributed by atoms with van der Waals surface area (Å²) in [5.41, 5.74) is 1.47. The number of hydrogen-bond donors (Lipinski definition) is 1. The number of ether oxygens (including phenoxy) is 1. The van der Waals surface area contributed by atoms with Crippen LogP contribution >= 0.6 is 11.6 Å². The van der Waals surface area contributed by atoms with E-state index >= 15 is 0 Å². The molecule has 0 aromatic heterocycles. The average Bonchev–Trinajstić information content (AvgIpc) is 2.73. The van der Waals surface area contributed by atoms with Crippen molar-refractivity contribution in [2.75, 3.05) is 38.2 Å². The molecule has 0 spiro atoms. The number of anilines is 1. The van der Waals surface area contributed by atoms with Gasteiger partial charge in [-0.1, -0.05) is 23.7 Å². The minimum atomic E-state index is -0.615. The minimum absolute atomic E-state index is 0.0882. The molecule has 1 aliphatic rings. The lowest BCUT2D eigenvalue weighted by Gasteiger charge is -2.37. The summed E-state index contributed by atoms with van der Waals surface area (Å²) in [4.78, 5) is 29.1. The molecule has 2 aromatic carbocycles. The molecule has 1 fully saturated rings. The smallest absolute Gasteiger partial charge is 0.253 e. The van der Waals surface area contributed by atoms with Crippen LogP contribution in [0.1, 0.15) is 17.3 Å². The lowest BCUT2D eigenvalue weighted by molar-refractivity contribution is -0.133. The van der Waals surface area contributed by atoms with Crippen LogP contribution in [0.15, 0.2) is 48.5 Å². The van der Waals surface area contributed by atoms with Gasteiger partial charge in [0.15, 0.2) is 0 Å². The molecular weight excluding hydrogens is 378 g/mol. The molecule has 1 atom stereocenters. The third-order valence-corrected chi connectivity index (χ3v) is 5.20. The van der Waals surface area contributed by atoms with E-state index < -0.39 is 6.04 Å². The maximum Gasteiger partial charge on any atom is 0.253 e. The van der Waals surface area contributed by atoms with Gasteiger partial charge < -0.3 is 19.9 Å². The molecule has 0 unspecified atom stereocenters. The van der Waals surface area contributed by atoms with Crippen LogP contribution in [-0.2, 0) is 4.79 Å². The number of carbonyl (C=O) groups excluding carboxylic acids is 2. The van der Waals surface area contributed by atoms with Crippen molar-refractivity contribution in [3.8, 4) is 5.75 Å². The second-order valence-corrected chi connectivity index (χ2v) is 7.09. The first-order valence-electron chi connectivity index (χ1n) is 9.23. The van der Waals surface area contributed by atoms with Gasteiger partial charge in [0.2, 0.25) is 5.91 Å². The number of rotatable bonds is 5. The molecule has 7 heteroatoms. The Morgan fingerprint density at radius 2 is 1.68 bits per heavy atom. The Hall–Kier alpha value is -2.73. The number of halogens is 1. The summed E-state index contributed by atoms with van der Waals surface area (Å²) in [5.74, 6) is 0.388. The molecule has 0 bridgehead atoms. The number of nitrogens with one attached hydrogen (secondary N) is 1. The van der Waals surface area contributed by atoms with Gasteiger partial charge in [-0.15, -0.1) is 0 Å². The molecule has 1 N–H and O–H groups in total. The van der Waals surface area contributed by atoms with E-state index in [9.17, 15) is 9.59 Å². The van der Waals surface area contributed by atoms with Crippen molar-refractivity contribution >= 4 is 29.1 Å². The first kappa shape index (κ1) is 20.0. The van der Waals surface area contributed by atoms with E-state index in [0.717, 1.165) is 24.5 Å². The monoisotopic (exact) mass is 401 g/mol. The molecule has 1 aliphatic heterocycles. The molecule has 1 saturated heterocycles. The highest BCUT2D eigenvalue weighted by molar-refractivity contribution is 6.33. The first-order chi connectivity index (χ1) is 13.5. The Balaban J connectivity index is 1.54. The third-order valence-electron chi connectivity index (χ3n) is 4.87. The largest absolute Gasteiger partial charge is 0.497 e. The summed E-state index contributed by atoms with van der Waals surface area (Å²) >= 11 is 6.05. The van der Waals surface area contributed by atoms with Crippen molar-refractivity contribution in [3.63, 3.8) is 0 Å². The van der Waals surface area contributed by atoms with Crippen molar-refractivity contribution in [3.05, 3.63) is 59.1 Å². The van der Waals surface area contributed by atoms with Gasteiger partial charge in [0.05, 0.1) is 17.7 Å². The highest BCUT2D eigenvalue weighted by Crippen LogP contribution is 2.21. The highest BCUT2D eigenvalue weighted by Gasteiger charge is 2.26. The zero-order valence-electron chi connectivity index (χ0n) is 16.0. The van der Waals surface area contributed by atoms with Crippen LogP contribution in [0.25, 0.3) is 0 Å². The van der Waals surface area contributed by atoms with E-state index in [1.54, 1.807) is 43.2 Å². The van der Waals surface area contributed by atoms with Crippen LogP contribution in [0.2, 0.25) is 5.02 Å². The Kier molecular flexibility index (Phi) is 6.41. The molecule has 28 heavy (non-hydrogen) atoms. The Labute approximate surface area is 170 Å². The fourth-order valence-electron chi connectivity index (χ4n) is 3.23.